The van der Waals surface area contributed by atoms with Crippen molar-refractivity contribution in [2.45, 2.75) is 0 Å². The standard InChI is InChI=1S/C14H10O4/c15-14(16)8-17-9-5-6-13-11(7-9)10-3-1-2-4-12(10)18-13/h1-7H,8H2,(H,15,16). The van der Waals surface area contributed by atoms with Crippen LogP contribution in [0, 0.1) is 0 Å². The Morgan fingerprint density at radius 1 is 1.11 bits per heavy atom. The fourth-order valence-electron chi connectivity index (χ4n) is 1.94. The van der Waals surface area contributed by atoms with Gasteiger partial charge in [0.05, 0.1) is 0 Å². The molecule has 0 radical (unpaired) electrons. The molecule has 0 fully saturated rings. The minimum Gasteiger partial charge on any atom is -0.482 e. The smallest absolute Gasteiger partial charge is 0.341 e. The molecular formula is C14H10O4. The lowest BCUT2D eigenvalue weighted by molar-refractivity contribution is -0.139. The summed E-state index contributed by atoms with van der Waals surface area (Å²) in [5, 5.41) is 10.5. The van der Waals surface area contributed by atoms with Crippen molar-refractivity contribution < 1.29 is 19.1 Å². The van der Waals surface area contributed by atoms with Crippen molar-refractivity contribution in [1.29, 1.82) is 0 Å². The van der Waals surface area contributed by atoms with E-state index in [-0.39, 0.29) is 6.61 Å². The van der Waals surface area contributed by atoms with Gasteiger partial charge in [0.15, 0.2) is 6.61 Å². The van der Waals surface area contributed by atoms with Crippen LogP contribution in [0.5, 0.6) is 5.75 Å². The minimum absolute atomic E-state index is 0.346. The Bertz CT molecular complexity index is 727. The Labute approximate surface area is 102 Å². The minimum atomic E-state index is -0.993. The molecule has 1 aromatic heterocycles. The van der Waals surface area contributed by atoms with Crippen molar-refractivity contribution in [3.05, 3.63) is 42.5 Å². The molecule has 18 heavy (non-hydrogen) atoms. The first-order valence-electron chi connectivity index (χ1n) is 5.50. The number of carbonyl (C=O) groups is 1. The fraction of sp³-hybridized carbons (Fsp3) is 0.0714. The van der Waals surface area contributed by atoms with Crippen LogP contribution in [-0.4, -0.2) is 17.7 Å². The highest BCUT2D eigenvalue weighted by atomic mass is 16.5. The van der Waals surface area contributed by atoms with Crippen molar-refractivity contribution >= 4 is 27.9 Å². The van der Waals surface area contributed by atoms with Crippen LogP contribution in [0.25, 0.3) is 21.9 Å². The van der Waals surface area contributed by atoms with Crippen LogP contribution in [0.3, 0.4) is 0 Å². The van der Waals surface area contributed by atoms with Crippen molar-refractivity contribution in [2.24, 2.45) is 0 Å². The second-order valence-electron chi connectivity index (χ2n) is 3.94. The molecule has 0 aliphatic carbocycles. The molecule has 1 N–H and O–H groups in total. The highest BCUT2D eigenvalue weighted by Gasteiger charge is 2.07. The molecule has 0 aliphatic heterocycles. The number of fused-ring (bicyclic) bond motifs is 3. The van der Waals surface area contributed by atoms with Gasteiger partial charge in [0.1, 0.15) is 16.9 Å². The molecule has 3 aromatic rings. The largest absolute Gasteiger partial charge is 0.482 e. The topological polar surface area (TPSA) is 59.7 Å². The second kappa shape index (κ2) is 4.07. The molecule has 0 unspecified atom stereocenters. The van der Waals surface area contributed by atoms with E-state index in [0.29, 0.717) is 5.75 Å². The first-order valence-corrected chi connectivity index (χ1v) is 5.50. The van der Waals surface area contributed by atoms with E-state index in [1.807, 2.05) is 24.3 Å². The van der Waals surface area contributed by atoms with Crippen molar-refractivity contribution in [3.8, 4) is 5.75 Å². The van der Waals surface area contributed by atoms with Crippen LogP contribution in [0.2, 0.25) is 0 Å². The lowest BCUT2D eigenvalue weighted by Gasteiger charge is -2.02. The molecule has 0 spiro atoms. The maximum absolute atomic E-state index is 10.5. The Hall–Kier alpha value is -2.49. The van der Waals surface area contributed by atoms with Gasteiger partial charge in [-0.1, -0.05) is 18.2 Å². The number of hydrogen-bond acceptors (Lipinski definition) is 3. The van der Waals surface area contributed by atoms with Gasteiger partial charge < -0.3 is 14.3 Å². The number of hydrogen-bond donors (Lipinski definition) is 1. The van der Waals surface area contributed by atoms with E-state index in [1.165, 1.54) is 0 Å². The average molecular weight is 242 g/mol. The van der Waals surface area contributed by atoms with E-state index in [9.17, 15) is 4.79 Å². The number of furan rings is 1. The van der Waals surface area contributed by atoms with E-state index in [1.54, 1.807) is 18.2 Å². The summed E-state index contributed by atoms with van der Waals surface area (Å²) < 4.78 is 10.8. The van der Waals surface area contributed by atoms with Gasteiger partial charge in [-0.25, -0.2) is 4.79 Å². The van der Waals surface area contributed by atoms with E-state index >= 15 is 0 Å². The van der Waals surface area contributed by atoms with E-state index in [2.05, 4.69) is 0 Å². The van der Waals surface area contributed by atoms with Gasteiger partial charge in [-0.15, -0.1) is 0 Å². The number of carboxylic acids is 1. The lowest BCUT2D eigenvalue weighted by Crippen LogP contribution is -2.09. The third-order valence-electron chi connectivity index (χ3n) is 2.71. The molecule has 90 valence electrons. The molecular weight excluding hydrogens is 232 g/mol. The van der Waals surface area contributed by atoms with Gasteiger partial charge in [-0.2, -0.15) is 0 Å². The summed E-state index contributed by atoms with van der Waals surface area (Å²) in [6.45, 7) is -0.346. The zero-order valence-corrected chi connectivity index (χ0v) is 9.42. The van der Waals surface area contributed by atoms with E-state index in [0.717, 1.165) is 21.9 Å². The predicted octanol–water partition coefficient (Wildman–Crippen LogP) is 3.05. The van der Waals surface area contributed by atoms with Gasteiger partial charge >= 0.3 is 5.97 Å². The Balaban J connectivity index is 2.09. The number of benzene rings is 2. The molecule has 0 saturated heterocycles. The fourth-order valence-corrected chi connectivity index (χ4v) is 1.94. The molecule has 0 bridgehead atoms. The highest BCUT2D eigenvalue weighted by molar-refractivity contribution is 6.05. The van der Waals surface area contributed by atoms with Gasteiger partial charge in [0.25, 0.3) is 0 Å². The van der Waals surface area contributed by atoms with Crippen LogP contribution in [-0.2, 0) is 4.79 Å². The molecule has 0 aliphatic rings. The summed E-state index contributed by atoms with van der Waals surface area (Å²) >= 11 is 0. The second-order valence-corrected chi connectivity index (χ2v) is 3.94. The number of rotatable bonds is 3. The average Bonchev–Trinajstić information content (AvgIpc) is 2.74. The van der Waals surface area contributed by atoms with Crippen molar-refractivity contribution in [2.75, 3.05) is 6.61 Å². The molecule has 0 saturated carbocycles. The molecule has 2 aromatic carbocycles. The summed E-state index contributed by atoms with van der Waals surface area (Å²) in [5.74, 6) is -0.469. The third-order valence-corrected chi connectivity index (χ3v) is 2.71. The van der Waals surface area contributed by atoms with Gasteiger partial charge in [0, 0.05) is 10.8 Å². The first kappa shape index (κ1) is 10.7. The summed E-state index contributed by atoms with van der Waals surface area (Å²) in [6, 6.07) is 13.0. The third kappa shape index (κ3) is 1.78. The van der Waals surface area contributed by atoms with Crippen molar-refractivity contribution in [3.63, 3.8) is 0 Å². The number of para-hydroxylation sites is 1. The molecule has 4 heteroatoms. The summed E-state index contributed by atoms with van der Waals surface area (Å²) in [6.07, 6.45) is 0. The zero-order valence-electron chi connectivity index (χ0n) is 9.42. The van der Waals surface area contributed by atoms with Crippen LogP contribution in [0.1, 0.15) is 0 Å². The molecule has 4 nitrogen and oxygen atoms in total. The van der Waals surface area contributed by atoms with Crippen LogP contribution >= 0.6 is 0 Å². The first-order chi connectivity index (χ1) is 8.74. The Morgan fingerprint density at radius 3 is 2.72 bits per heavy atom. The molecule has 0 amide bonds. The lowest BCUT2D eigenvalue weighted by atomic mass is 10.1. The highest BCUT2D eigenvalue weighted by Crippen LogP contribution is 2.31. The predicted molar refractivity (Wildman–Crippen MR) is 66.9 cm³/mol. The van der Waals surface area contributed by atoms with Gasteiger partial charge in [-0.3, -0.25) is 0 Å². The summed E-state index contributed by atoms with van der Waals surface area (Å²) in [4.78, 5) is 10.5. The van der Waals surface area contributed by atoms with Crippen molar-refractivity contribution in [1.82, 2.24) is 0 Å². The normalized spacial score (nSPS) is 10.9. The summed E-state index contributed by atoms with van der Waals surface area (Å²) in [5.41, 5.74) is 1.57. The summed E-state index contributed by atoms with van der Waals surface area (Å²) in [7, 11) is 0. The van der Waals surface area contributed by atoms with Gasteiger partial charge in [0.2, 0.25) is 0 Å². The SMILES string of the molecule is O=C(O)COc1ccc2oc3ccccc3c2c1. The Kier molecular flexibility index (Phi) is 2.41. The Morgan fingerprint density at radius 2 is 1.89 bits per heavy atom. The maximum Gasteiger partial charge on any atom is 0.341 e. The van der Waals surface area contributed by atoms with Crippen LogP contribution in [0.4, 0.5) is 0 Å². The quantitative estimate of drug-likeness (QED) is 0.766. The van der Waals surface area contributed by atoms with Crippen LogP contribution < -0.4 is 4.74 Å². The molecule has 3 rings (SSSR count). The van der Waals surface area contributed by atoms with E-state index in [4.69, 9.17) is 14.3 Å². The molecule has 1 heterocycles. The maximum atomic E-state index is 10.5. The molecule has 0 atom stereocenters. The van der Waals surface area contributed by atoms with E-state index < -0.39 is 5.97 Å². The number of carboxylic acid groups (broad SMARTS) is 1. The number of ether oxygens (including phenoxy) is 1. The van der Waals surface area contributed by atoms with Crippen LogP contribution in [0.15, 0.2) is 46.9 Å². The zero-order chi connectivity index (χ0) is 12.5. The monoisotopic (exact) mass is 242 g/mol. The number of aliphatic carboxylic acids is 1. The van der Waals surface area contributed by atoms with Gasteiger partial charge in [-0.05, 0) is 24.3 Å².